The standard InChI is InChI=1S/C18H34N2O/c1-20(14-6-3-7-15-20)16-13-19-18(21)12-8-11-17-9-4-2-5-10-17/h17H,2-16H2,1H3/p+1. The van der Waals surface area contributed by atoms with E-state index in [4.69, 9.17) is 0 Å². The van der Waals surface area contributed by atoms with E-state index in [2.05, 4.69) is 12.4 Å². The quantitative estimate of drug-likeness (QED) is 0.716. The van der Waals surface area contributed by atoms with Gasteiger partial charge in [-0.25, -0.2) is 0 Å². The van der Waals surface area contributed by atoms with Gasteiger partial charge in [-0.2, -0.15) is 0 Å². The minimum absolute atomic E-state index is 0.273. The number of rotatable bonds is 7. The molecular weight excluding hydrogens is 260 g/mol. The van der Waals surface area contributed by atoms with Crippen molar-refractivity contribution in [3.05, 3.63) is 0 Å². The van der Waals surface area contributed by atoms with Crippen LogP contribution < -0.4 is 5.32 Å². The zero-order valence-electron chi connectivity index (χ0n) is 14.0. The third-order valence-electron chi connectivity index (χ3n) is 5.61. The van der Waals surface area contributed by atoms with Crippen LogP contribution in [0.5, 0.6) is 0 Å². The average molecular weight is 295 g/mol. The molecular formula is C18H35N2O+. The maximum absolute atomic E-state index is 11.9. The smallest absolute Gasteiger partial charge is 0.220 e. The number of hydrogen-bond acceptors (Lipinski definition) is 1. The Morgan fingerprint density at radius 2 is 1.71 bits per heavy atom. The van der Waals surface area contributed by atoms with Crippen molar-refractivity contribution in [2.45, 2.75) is 70.6 Å². The third kappa shape index (κ3) is 6.37. The van der Waals surface area contributed by atoms with Crippen molar-refractivity contribution in [1.29, 1.82) is 0 Å². The number of nitrogens with zero attached hydrogens (tertiary/aromatic N) is 1. The van der Waals surface area contributed by atoms with Crippen molar-refractivity contribution in [3.63, 3.8) is 0 Å². The molecule has 0 atom stereocenters. The number of carbonyl (C=O) groups excluding carboxylic acids is 1. The fraction of sp³-hybridized carbons (Fsp3) is 0.944. The monoisotopic (exact) mass is 295 g/mol. The molecule has 1 aliphatic carbocycles. The van der Waals surface area contributed by atoms with Crippen LogP contribution in [0.4, 0.5) is 0 Å². The largest absolute Gasteiger partial charge is 0.350 e. The van der Waals surface area contributed by atoms with Crippen molar-refractivity contribution >= 4 is 5.91 Å². The lowest BCUT2D eigenvalue weighted by atomic mass is 9.86. The molecule has 1 saturated carbocycles. The molecule has 0 aromatic carbocycles. The van der Waals surface area contributed by atoms with Crippen LogP contribution in [0.25, 0.3) is 0 Å². The summed E-state index contributed by atoms with van der Waals surface area (Å²) in [6.45, 7) is 4.54. The van der Waals surface area contributed by atoms with Crippen molar-refractivity contribution in [2.24, 2.45) is 5.92 Å². The van der Waals surface area contributed by atoms with Gasteiger partial charge in [0, 0.05) is 6.42 Å². The summed E-state index contributed by atoms with van der Waals surface area (Å²) >= 11 is 0. The number of amides is 1. The van der Waals surface area contributed by atoms with Crippen molar-refractivity contribution in [1.82, 2.24) is 5.32 Å². The fourth-order valence-electron chi connectivity index (χ4n) is 4.08. The van der Waals surface area contributed by atoms with Gasteiger partial charge in [-0.15, -0.1) is 0 Å². The average Bonchev–Trinajstić information content (AvgIpc) is 2.49. The van der Waals surface area contributed by atoms with Gasteiger partial charge in [-0.05, 0) is 38.0 Å². The molecule has 3 nitrogen and oxygen atoms in total. The molecule has 1 heterocycles. The van der Waals surface area contributed by atoms with E-state index in [-0.39, 0.29) is 5.91 Å². The molecule has 0 unspecified atom stereocenters. The van der Waals surface area contributed by atoms with Crippen molar-refractivity contribution in [3.8, 4) is 0 Å². The van der Waals surface area contributed by atoms with Crippen molar-refractivity contribution in [2.75, 3.05) is 33.2 Å². The molecule has 1 amide bonds. The van der Waals surface area contributed by atoms with E-state index in [1.54, 1.807) is 0 Å². The molecule has 1 aliphatic heterocycles. The summed E-state index contributed by atoms with van der Waals surface area (Å²) in [5.74, 6) is 1.18. The maximum atomic E-state index is 11.9. The number of likely N-dealkylation sites (N-methyl/N-ethyl adjacent to an activating group) is 1. The Kier molecular flexibility index (Phi) is 7.01. The summed E-state index contributed by atoms with van der Waals surface area (Å²) in [4.78, 5) is 11.9. The van der Waals surface area contributed by atoms with Gasteiger partial charge in [-0.3, -0.25) is 4.79 Å². The summed E-state index contributed by atoms with van der Waals surface area (Å²) in [5.41, 5.74) is 0. The van der Waals surface area contributed by atoms with Crippen LogP contribution in [-0.2, 0) is 4.79 Å². The highest BCUT2D eigenvalue weighted by Gasteiger charge is 2.24. The van der Waals surface area contributed by atoms with Crippen LogP contribution in [0.15, 0.2) is 0 Å². The molecule has 0 spiro atoms. The summed E-state index contributed by atoms with van der Waals surface area (Å²) in [5, 5.41) is 3.14. The normalized spacial score (nSPS) is 22.9. The Morgan fingerprint density at radius 3 is 2.43 bits per heavy atom. The molecule has 2 aliphatic rings. The molecule has 1 saturated heterocycles. The van der Waals surface area contributed by atoms with Gasteiger partial charge in [0.2, 0.25) is 5.91 Å². The minimum atomic E-state index is 0.273. The van der Waals surface area contributed by atoms with Crippen LogP contribution in [0.3, 0.4) is 0 Å². The van der Waals surface area contributed by atoms with Gasteiger partial charge in [0.05, 0.1) is 33.2 Å². The van der Waals surface area contributed by atoms with E-state index >= 15 is 0 Å². The first kappa shape index (κ1) is 16.8. The van der Waals surface area contributed by atoms with Gasteiger partial charge in [0.15, 0.2) is 0 Å². The summed E-state index contributed by atoms with van der Waals surface area (Å²) in [7, 11) is 2.34. The first-order chi connectivity index (χ1) is 10.2. The molecule has 0 bridgehead atoms. The van der Waals surface area contributed by atoms with Crippen LogP contribution >= 0.6 is 0 Å². The number of carbonyl (C=O) groups is 1. The van der Waals surface area contributed by atoms with Gasteiger partial charge >= 0.3 is 0 Å². The highest BCUT2D eigenvalue weighted by atomic mass is 16.1. The summed E-state index contributed by atoms with van der Waals surface area (Å²) in [6, 6.07) is 0. The number of nitrogens with one attached hydrogen (secondary N) is 1. The molecule has 0 radical (unpaired) electrons. The Labute approximate surface area is 131 Å². The molecule has 3 heteroatoms. The molecule has 2 rings (SSSR count). The van der Waals surface area contributed by atoms with Crippen LogP contribution in [0.2, 0.25) is 0 Å². The zero-order chi connectivity index (χ0) is 15.0. The fourth-order valence-corrected chi connectivity index (χ4v) is 4.08. The molecule has 122 valence electrons. The predicted octanol–water partition coefficient (Wildman–Crippen LogP) is 3.48. The highest BCUT2D eigenvalue weighted by Crippen LogP contribution is 2.27. The SMILES string of the molecule is C[N+]1(CCNC(=O)CCCC2CCCCC2)CCCCC1. The van der Waals surface area contributed by atoms with E-state index in [1.165, 1.54) is 70.9 Å². The maximum Gasteiger partial charge on any atom is 0.220 e. The van der Waals surface area contributed by atoms with Gasteiger partial charge in [0.25, 0.3) is 0 Å². The Bertz CT molecular complexity index is 304. The zero-order valence-corrected chi connectivity index (χ0v) is 14.0. The molecule has 1 N–H and O–H groups in total. The van der Waals surface area contributed by atoms with E-state index < -0.39 is 0 Å². The first-order valence-electron chi connectivity index (χ1n) is 9.28. The Hall–Kier alpha value is -0.570. The third-order valence-corrected chi connectivity index (χ3v) is 5.61. The highest BCUT2D eigenvalue weighted by molar-refractivity contribution is 5.75. The number of quaternary nitrogens is 1. The molecule has 21 heavy (non-hydrogen) atoms. The van der Waals surface area contributed by atoms with E-state index in [1.807, 2.05) is 0 Å². The van der Waals surface area contributed by atoms with Crippen LogP contribution in [0.1, 0.15) is 70.6 Å². The number of piperidine rings is 1. The predicted molar refractivity (Wildman–Crippen MR) is 88.1 cm³/mol. The van der Waals surface area contributed by atoms with Crippen molar-refractivity contribution < 1.29 is 9.28 Å². The van der Waals surface area contributed by atoms with E-state index in [0.717, 1.165) is 36.3 Å². The number of likely N-dealkylation sites (tertiary alicyclic amines) is 1. The van der Waals surface area contributed by atoms with Crippen LogP contribution in [0, 0.1) is 5.92 Å². The Balaban J connectivity index is 1.51. The molecule has 2 fully saturated rings. The van der Waals surface area contributed by atoms with E-state index in [9.17, 15) is 4.79 Å². The first-order valence-corrected chi connectivity index (χ1v) is 9.28. The summed E-state index contributed by atoms with van der Waals surface area (Å²) in [6.07, 6.45) is 14.2. The lowest BCUT2D eigenvalue weighted by molar-refractivity contribution is -0.912. The summed E-state index contributed by atoms with van der Waals surface area (Å²) < 4.78 is 1.16. The topological polar surface area (TPSA) is 29.1 Å². The second-order valence-corrected chi connectivity index (χ2v) is 7.60. The lowest BCUT2D eigenvalue weighted by Gasteiger charge is -2.37. The minimum Gasteiger partial charge on any atom is -0.350 e. The number of hydrogen-bond donors (Lipinski definition) is 1. The van der Waals surface area contributed by atoms with Crippen LogP contribution in [-0.4, -0.2) is 43.6 Å². The second kappa shape index (κ2) is 8.77. The molecule has 0 aromatic heterocycles. The van der Waals surface area contributed by atoms with E-state index in [0.29, 0.717) is 0 Å². The van der Waals surface area contributed by atoms with Gasteiger partial charge in [-0.1, -0.05) is 32.1 Å². The lowest BCUT2D eigenvalue weighted by Crippen LogP contribution is -2.51. The second-order valence-electron chi connectivity index (χ2n) is 7.60. The Morgan fingerprint density at radius 1 is 1.05 bits per heavy atom. The van der Waals surface area contributed by atoms with Gasteiger partial charge in [0.1, 0.15) is 0 Å². The van der Waals surface area contributed by atoms with Gasteiger partial charge < -0.3 is 9.80 Å². The molecule has 0 aromatic rings.